The third kappa shape index (κ3) is 3.08. The van der Waals surface area contributed by atoms with Crippen molar-refractivity contribution in [2.24, 2.45) is 16.6 Å². The van der Waals surface area contributed by atoms with E-state index in [0.29, 0.717) is 24.3 Å². The lowest BCUT2D eigenvalue weighted by molar-refractivity contribution is -0.231. The van der Waals surface area contributed by atoms with E-state index in [0.717, 1.165) is 16.5 Å². The molecule has 1 unspecified atom stereocenters. The number of hydrogen-bond donors (Lipinski definition) is 1. The molecule has 2 bridgehead atoms. The molecule has 166 valence electrons. The highest BCUT2D eigenvalue weighted by Crippen LogP contribution is 2.75. The molecule has 1 aromatic carbocycles. The number of carbonyl (C=O) groups is 3. The van der Waals surface area contributed by atoms with Crippen LogP contribution in [0.15, 0.2) is 36.5 Å². The Morgan fingerprint density at radius 1 is 1.16 bits per heavy atom. The van der Waals surface area contributed by atoms with E-state index in [4.69, 9.17) is 28.9 Å². The summed E-state index contributed by atoms with van der Waals surface area (Å²) in [5, 5.41) is 0.649. The van der Waals surface area contributed by atoms with Gasteiger partial charge in [0.2, 0.25) is 11.8 Å². The molecule has 10 heteroatoms. The molecule has 4 aliphatic rings. The Morgan fingerprint density at radius 2 is 1.81 bits per heavy atom. The number of nitrogens with zero attached hydrogens (tertiary/aromatic N) is 3. The van der Waals surface area contributed by atoms with Crippen LogP contribution in [0.2, 0.25) is 10.0 Å². The van der Waals surface area contributed by atoms with Gasteiger partial charge in [0, 0.05) is 23.2 Å². The van der Waals surface area contributed by atoms with Crippen molar-refractivity contribution in [3.05, 3.63) is 58.0 Å². The molecular formula is C22H19Cl2FN4O3. The molecule has 7 nitrogen and oxygen atoms in total. The van der Waals surface area contributed by atoms with Gasteiger partial charge < -0.3 is 10.6 Å². The average Bonchev–Trinajstić information content (AvgIpc) is 2.66. The van der Waals surface area contributed by atoms with Crippen molar-refractivity contribution < 1.29 is 18.8 Å². The Balaban J connectivity index is 1.50. The highest BCUT2D eigenvalue weighted by atomic mass is 35.5. The third-order valence-electron chi connectivity index (χ3n) is 6.91. The fraction of sp³-hybridized carbons (Fsp3) is 0.364. The first kappa shape index (κ1) is 21.2. The number of pyridine rings is 1. The molecule has 3 aliphatic carbocycles. The van der Waals surface area contributed by atoms with E-state index in [2.05, 4.69) is 4.98 Å². The predicted octanol–water partition coefficient (Wildman–Crippen LogP) is 2.93. The fourth-order valence-corrected chi connectivity index (χ4v) is 5.76. The molecule has 0 spiro atoms. The molecule has 1 aromatic heterocycles. The van der Waals surface area contributed by atoms with Crippen LogP contribution in [-0.4, -0.2) is 40.2 Å². The Kier molecular flexibility index (Phi) is 4.73. The largest absolute Gasteiger partial charge is 0.369 e. The van der Waals surface area contributed by atoms with Crippen molar-refractivity contribution >= 4 is 46.7 Å². The molecule has 3 amide bonds. The summed E-state index contributed by atoms with van der Waals surface area (Å²) in [7, 11) is 0. The van der Waals surface area contributed by atoms with Gasteiger partial charge in [0.05, 0.1) is 10.4 Å². The molecule has 2 aromatic rings. The molecule has 6 rings (SSSR count). The zero-order valence-corrected chi connectivity index (χ0v) is 18.4. The SMILES string of the molecule is NC(=O)C12CC(C3C(=O)N(c4ncc(Cl)cc4F)CC(=O)N3Cc3ccc(Cl)cc3)(C1)C2. The van der Waals surface area contributed by atoms with Gasteiger partial charge in [-0.1, -0.05) is 35.3 Å². The highest BCUT2D eigenvalue weighted by Gasteiger charge is 2.76. The Labute approximate surface area is 193 Å². The summed E-state index contributed by atoms with van der Waals surface area (Å²) in [6.07, 6.45) is 2.53. The summed E-state index contributed by atoms with van der Waals surface area (Å²) in [4.78, 5) is 45.3. The van der Waals surface area contributed by atoms with E-state index in [1.165, 1.54) is 11.1 Å². The predicted molar refractivity (Wildman–Crippen MR) is 115 cm³/mol. The standard InChI is InChI=1S/C22H19Cl2FN4O3/c23-13-3-1-12(2-4-13)7-28-16(30)8-29(18-15(25)5-14(24)6-27-18)19(31)17(28)21-9-22(10-21,11-21)20(26)32/h1-6,17H,7-11H2,(H2,26,32). The quantitative estimate of drug-likeness (QED) is 0.717. The number of primary amides is 1. The molecule has 4 fully saturated rings. The lowest BCUT2D eigenvalue weighted by atomic mass is 9.32. The number of hydrogen-bond acceptors (Lipinski definition) is 4. The molecule has 1 atom stereocenters. The average molecular weight is 477 g/mol. The van der Waals surface area contributed by atoms with Gasteiger partial charge in [-0.15, -0.1) is 0 Å². The zero-order valence-electron chi connectivity index (χ0n) is 16.9. The highest BCUT2D eigenvalue weighted by molar-refractivity contribution is 6.30. The van der Waals surface area contributed by atoms with Gasteiger partial charge in [0.1, 0.15) is 12.6 Å². The first-order valence-corrected chi connectivity index (χ1v) is 10.9. The summed E-state index contributed by atoms with van der Waals surface area (Å²) < 4.78 is 14.6. The summed E-state index contributed by atoms with van der Waals surface area (Å²) in [6, 6.07) is 7.21. The summed E-state index contributed by atoms with van der Waals surface area (Å²) in [5.74, 6) is -2.17. The maximum absolute atomic E-state index is 14.6. The number of anilines is 1. The van der Waals surface area contributed by atoms with Crippen molar-refractivity contribution in [1.82, 2.24) is 9.88 Å². The number of halogens is 3. The molecule has 2 N–H and O–H groups in total. The van der Waals surface area contributed by atoms with Crippen LogP contribution in [0, 0.1) is 16.6 Å². The lowest BCUT2D eigenvalue weighted by Crippen LogP contribution is -2.78. The molecule has 3 saturated carbocycles. The monoisotopic (exact) mass is 476 g/mol. The van der Waals surface area contributed by atoms with Crippen LogP contribution in [0.4, 0.5) is 10.2 Å². The minimum atomic E-state index is -0.850. The van der Waals surface area contributed by atoms with Crippen LogP contribution in [0.5, 0.6) is 0 Å². The van der Waals surface area contributed by atoms with Crippen LogP contribution in [-0.2, 0) is 20.9 Å². The van der Waals surface area contributed by atoms with Crippen molar-refractivity contribution in [3.63, 3.8) is 0 Å². The van der Waals surface area contributed by atoms with E-state index >= 15 is 0 Å². The number of carbonyl (C=O) groups excluding carboxylic acids is 3. The van der Waals surface area contributed by atoms with Gasteiger partial charge in [-0.2, -0.15) is 0 Å². The van der Waals surface area contributed by atoms with Crippen LogP contribution < -0.4 is 10.6 Å². The minimum absolute atomic E-state index is 0.0887. The second kappa shape index (κ2) is 7.15. The lowest BCUT2D eigenvalue weighted by Gasteiger charge is -2.72. The van der Waals surface area contributed by atoms with Gasteiger partial charge >= 0.3 is 0 Å². The first-order chi connectivity index (χ1) is 15.1. The van der Waals surface area contributed by atoms with E-state index in [1.807, 2.05) is 0 Å². The van der Waals surface area contributed by atoms with E-state index < -0.39 is 28.6 Å². The number of amides is 3. The van der Waals surface area contributed by atoms with E-state index in [-0.39, 0.29) is 35.7 Å². The number of aromatic nitrogens is 1. The van der Waals surface area contributed by atoms with Crippen LogP contribution in [0.1, 0.15) is 24.8 Å². The fourth-order valence-electron chi connectivity index (χ4n) is 5.49. The number of piperazine rings is 1. The van der Waals surface area contributed by atoms with Crippen LogP contribution in [0.3, 0.4) is 0 Å². The van der Waals surface area contributed by atoms with Crippen LogP contribution >= 0.6 is 23.2 Å². The Bertz CT molecular complexity index is 1140. The number of benzene rings is 1. The molecule has 2 heterocycles. The second-order valence-corrected chi connectivity index (χ2v) is 9.84. The van der Waals surface area contributed by atoms with Gasteiger partial charge in [-0.3, -0.25) is 19.3 Å². The number of rotatable bonds is 5. The maximum atomic E-state index is 14.6. The second-order valence-electron chi connectivity index (χ2n) is 8.97. The van der Waals surface area contributed by atoms with E-state index in [9.17, 15) is 18.8 Å². The molecule has 1 saturated heterocycles. The van der Waals surface area contributed by atoms with Crippen LogP contribution in [0.25, 0.3) is 0 Å². The molecule has 32 heavy (non-hydrogen) atoms. The van der Waals surface area contributed by atoms with Crippen molar-refractivity contribution in [2.45, 2.75) is 31.8 Å². The van der Waals surface area contributed by atoms with Gasteiger partial charge in [-0.25, -0.2) is 9.37 Å². The van der Waals surface area contributed by atoms with Crippen molar-refractivity contribution in [1.29, 1.82) is 0 Å². The normalized spacial score (nSPS) is 28.9. The third-order valence-corrected chi connectivity index (χ3v) is 7.37. The smallest absolute Gasteiger partial charge is 0.252 e. The maximum Gasteiger partial charge on any atom is 0.252 e. The Hall–Kier alpha value is -2.71. The van der Waals surface area contributed by atoms with Crippen molar-refractivity contribution in [3.8, 4) is 0 Å². The van der Waals surface area contributed by atoms with Crippen molar-refractivity contribution in [2.75, 3.05) is 11.4 Å². The van der Waals surface area contributed by atoms with Gasteiger partial charge in [-0.05, 0) is 43.0 Å². The zero-order chi connectivity index (χ0) is 22.8. The molecular weight excluding hydrogens is 458 g/mol. The van der Waals surface area contributed by atoms with Gasteiger partial charge in [0.25, 0.3) is 5.91 Å². The first-order valence-electron chi connectivity index (χ1n) is 10.1. The Morgan fingerprint density at radius 3 is 2.41 bits per heavy atom. The van der Waals surface area contributed by atoms with Gasteiger partial charge in [0.15, 0.2) is 11.6 Å². The molecule has 1 aliphatic heterocycles. The van der Waals surface area contributed by atoms with E-state index in [1.54, 1.807) is 24.3 Å². The molecule has 0 radical (unpaired) electrons. The topological polar surface area (TPSA) is 96.6 Å². The minimum Gasteiger partial charge on any atom is -0.369 e. The summed E-state index contributed by atoms with van der Waals surface area (Å²) >= 11 is 11.8. The summed E-state index contributed by atoms with van der Waals surface area (Å²) in [5.41, 5.74) is 5.18. The number of nitrogens with two attached hydrogens (primary N) is 1. The summed E-state index contributed by atoms with van der Waals surface area (Å²) in [6.45, 7) is -0.145.